The van der Waals surface area contributed by atoms with Crippen LogP contribution in [0.25, 0.3) is 5.57 Å². The first kappa shape index (κ1) is 14.5. The molecule has 0 aromatic heterocycles. The second kappa shape index (κ2) is 5.36. The highest BCUT2D eigenvalue weighted by molar-refractivity contribution is 5.91. The minimum Gasteiger partial charge on any atom is -0.459 e. The van der Waals surface area contributed by atoms with Gasteiger partial charge in [-0.2, -0.15) is 0 Å². The molecule has 3 heteroatoms. The third-order valence-corrected chi connectivity index (χ3v) is 2.46. The van der Waals surface area contributed by atoms with E-state index in [2.05, 4.69) is 6.58 Å². The zero-order valence-corrected chi connectivity index (χ0v) is 11.5. The molecule has 18 heavy (non-hydrogen) atoms. The summed E-state index contributed by atoms with van der Waals surface area (Å²) in [7, 11) is 0. The first-order chi connectivity index (χ1) is 8.20. The van der Waals surface area contributed by atoms with E-state index in [0.717, 1.165) is 11.1 Å². The van der Waals surface area contributed by atoms with Crippen LogP contribution in [0.1, 0.15) is 31.9 Å². The summed E-state index contributed by atoms with van der Waals surface area (Å²) in [5.74, 6) is -0.451. The van der Waals surface area contributed by atoms with E-state index in [0.29, 0.717) is 5.57 Å². The number of rotatable bonds is 3. The van der Waals surface area contributed by atoms with Gasteiger partial charge in [-0.25, -0.2) is 4.79 Å². The number of esters is 1. The summed E-state index contributed by atoms with van der Waals surface area (Å²) in [4.78, 5) is 11.8. The van der Waals surface area contributed by atoms with Crippen LogP contribution in [0, 0.1) is 6.92 Å². The zero-order valence-electron chi connectivity index (χ0n) is 11.5. The predicted molar refractivity (Wildman–Crippen MR) is 74.0 cm³/mol. The molecule has 98 valence electrons. The van der Waals surface area contributed by atoms with Crippen LogP contribution in [0.2, 0.25) is 0 Å². The van der Waals surface area contributed by atoms with Crippen molar-refractivity contribution in [2.45, 2.75) is 39.3 Å². The van der Waals surface area contributed by atoms with Crippen molar-refractivity contribution in [3.63, 3.8) is 0 Å². The van der Waals surface area contributed by atoms with Gasteiger partial charge in [-0.3, -0.25) is 0 Å². The molecule has 1 atom stereocenters. The summed E-state index contributed by atoms with van der Waals surface area (Å²) in [6, 6.07) is 6.90. The molecule has 0 saturated heterocycles. The van der Waals surface area contributed by atoms with Crippen LogP contribution < -0.4 is 5.73 Å². The fraction of sp³-hybridized carbons (Fsp3) is 0.400. The van der Waals surface area contributed by atoms with E-state index in [1.807, 2.05) is 52.0 Å². The van der Waals surface area contributed by atoms with Crippen LogP contribution in [0.5, 0.6) is 0 Å². The van der Waals surface area contributed by atoms with Gasteiger partial charge < -0.3 is 10.5 Å². The molecule has 2 N–H and O–H groups in total. The quantitative estimate of drug-likeness (QED) is 0.835. The molecule has 0 aliphatic rings. The van der Waals surface area contributed by atoms with Crippen LogP contribution in [-0.2, 0) is 9.53 Å². The normalized spacial score (nSPS) is 12.9. The summed E-state index contributed by atoms with van der Waals surface area (Å²) in [6.07, 6.45) is 0. The summed E-state index contributed by atoms with van der Waals surface area (Å²) in [6.45, 7) is 11.3. The molecule has 0 aliphatic carbocycles. The van der Waals surface area contributed by atoms with E-state index < -0.39 is 17.6 Å². The SMILES string of the molecule is C=C(c1ccc(C)cc1)[C@H](N)C(=O)OC(C)(C)C. The van der Waals surface area contributed by atoms with Crippen LogP contribution in [0.15, 0.2) is 30.8 Å². The van der Waals surface area contributed by atoms with Crippen LogP contribution in [0.4, 0.5) is 0 Å². The van der Waals surface area contributed by atoms with Gasteiger partial charge in [0.05, 0.1) is 0 Å². The molecule has 0 fully saturated rings. The minimum absolute atomic E-state index is 0.451. The van der Waals surface area contributed by atoms with Crippen molar-refractivity contribution in [2.24, 2.45) is 5.73 Å². The van der Waals surface area contributed by atoms with E-state index in [4.69, 9.17) is 10.5 Å². The number of carbonyl (C=O) groups is 1. The first-order valence-electron chi connectivity index (χ1n) is 5.95. The van der Waals surface area contributed by atoms with Gasteiger partial charge >= 0.3 is 5.97 Å². The smallest absolute Gasteiger partial charge is 0.328 e. The Morgan fingerprint density at radius 2 is 1.78 bits per heavy atom. The molecule has 0 bridgehead atoms. The van der Waals surface area contributed by atoms with Gasteiger partial charge in [0.1, 0.15) is 11.6 Å². The van der Waals surface area contributed by atoms with Crippen molar-refractivity contribution in [1.82, 2.24) is 0 Å². The molecular weight excluding hydrogens is 226 g/mol. The highest BCUT2D eigenvalue weighted by Crippen LogP contribution is 2.18. The molecule has 0 unspecified atom stereocenters. The van der Waals surface area contributed by atoms with Gasteiger partial charge in [-0.1, -0.05) is 36.4 Å². The highest BCUT2D eigenvalue weighted by atomic mass is 16.6. The lowest BCUT2D eigenvalue weighted by molar-refractivity contribution is -0.154. The van der Waals surface area contributed by atoms with E-state index in [1.54, 1.807) is 0 Å². The van der Waals surface area contributed by atoms with E-state index in [1.165, 1.54) is 0 Å². The number of hydrogen-bond donors (Lipinski definition) is 1. The topological polar surface area (TPSA) is 52.3 Å². The van der Waals surface area contributed by atoms with Crippen molar-refractivity contribution < 1.29 is 9.53 Å². The lowest BCUT2D eigenvalue weighted by Crippen LogP contribution is -2.37. The van der Waals surface area contributed by atoms with Crippen molar-refractivity contribution in [1.29, 1.82) is 0 Å². The summed E-state index contributed by atoms with van der Waals surface area (Å²) >= 11 is 0. The molecular formula is C15H21NO2. The molecule has 3 nitrogen and oxygen atoms in total. The molecule has 0 amide bonds. The van der Waals surface area contributed by atoms with E-state index in [-0.39, 0.29) is 0 Å². The van der Waals surface area contributed by atoms with E-state index >= 15 is 0 Å². The van der Waals surface area contributed by atoms with Crippen LogP contribution in [0.3, 0.4) is 0 Å². The van der Waals surface area contributed by atoms with Crippen molar-refractivity contribution in [2.75, 3.05) is 0 Å². The fourth-order valence-electron chi connectivity index (χ4n) is 1.45. The maximum atomic E-state index is 11.8. The summed E-state index contributed by atoms with van der Waals surface area (Å²) in [5, 5.41) is 0. The Morgan fingerprint density at radius 3 is 2.22 bits per heavy atom. The fourth-order valence-corrected chi connectivity index (χ4v) is 1.45. The average molecular weight is 247 g/mol. The average Bonchev–Trinajstić information content (AvgIpc) is 2.26. The second-order valence-corrected chi connectivity index (χ2v) is 5.40. The Labute approximate surface area is 109 Å². The Balaban J connectivity index is 2.78. The molecule has 0 aliphatic heterocycles. The van der Waals surface area contributed by atoms with E-state index in [9.17, 15) is 4.79 Å². The molecule has 0 spiro atoms. The van der Waals surface area contributed by atoms with Crippen molar-refractivity contribution >= 4 is 11.5 Å². The maximum absolute atomic E-state index is 11.8. The summed E-state index contributed by atoms with van der Waals surface area (Å²) in [5.41, 5.74) is 7.91. The third-order valence-electron chi connectivity index (χ3n) is 2.46. The number of hydrogen-bond acceptors (Lipinski definition) is 3. The number of ether oxygens (including phenoxy) is 1. The highest BCUT2D eigenvalue weighted by Gasteiger charge is 2.24. The van der Waals surface area contributed by atoms with Gasteiger partial charge in [0.15, 0.2) is 0 Å². The number of benzene rings is 1. The summed E-state index contributed by atoms with van der Waals surface area (Å²) < 4.78 is 5.24. The molecule has 0 saturated carbocycles. The molecule has 1 aromatic rings. The third kappa shape index (κ3) is 4.00. The maximum Gasteiger partial charge on any atom is 0.328 e. The second-order valence-electron chi connectivity index (χ2n) is 5.40. The van der Waals surface area contributed by atoms with Crippen molar-refractivity contribution in [3.8, 4) is 0 Å². The van der Waals surface area contributed by atoms with Gasteiger partial charge in [0.25, 0.3) is 0 Å². The Kier molecular flexibility index (Phi) is 4.30. The number of aryl methyl sites for hydroxylation is 1. The first-order valence-corrected chi connectivity index (χ1v) is 5.95. The zero-order chi connectivity index (χ0) is 13.9. The Morgan fingerprint density at radius 1 is 1.28 bits per heavy atom. The van der Waals surface area contributed by atoms with Gasteiger partial charge in [-0.15, -0.1) is 0 Å². The van der Waals surface area contributed by atoms with Gasteiger partial charge in [0.2, 0.25) is 0 Å². The Bertz CT molecular complexity index is 441. The molecule has 1 rings (SSSR count). The predicted octanol–water partition coefficient (Wildman–Crippen LogP) is 2.68. The largest absolute Gasteiger partial charge is 0.459 e. The molecule has 1 aromatic carbocycles. The van der Waals surface area contributed by atoms with Gasteiger partial charge in [0, 0.05) is 0 Å². The monoisotopic (exact) mass is 247 g/mol. The molecule has 0 heterocycles. The van der Waals surface area contributed by atoms with Crippen LogP contribution in [-0.4, -0.2) is 17.6 Å². The minimum atomic E-state index is -0.827. The Hall–Kier alpha value is -1.61. The van der Waals surface area contributed by atoms with Crippen molar-refractivity contribution in [3.05, 3.63) is 42.0 Å². The number of nitrogens with two attached hydrogens (primary N) is 1. The lowest BCUT2D eigenvalue weighted by Gasteiger charge is -2.23. The van der Waals surface area contributed by atoms with Crippen LogP contribution >= 0.6 is 0 Å². The number of carbonyl (C=O) groups excluding carboxylic acids is 1. The molecule has 0 radical (unpaired) electrons. The lowest BCUT2D eigenvalue weighted by atomic mass is 9.99. The van der Waals surface area contributed by atoms with Gasteiger partial charge in [-0.05, 0) is 38.8 Å². The standard InChI is InChI=1S/C15H21NO2/c1-10-6-8-12(9-7-10)11(2)13(16)14(17)18-15(3,4)5/h6-9,13H,2,16H2,1,3-5H3/t13-/m0/s1.